The number of nitrogens with zero attached hydrogens (tertiary/aromatic N) is 1. The lowest BCUT2D eigenvalue weighted by Crippen LogP contribution is -2.40. The molecular weight excluding hydrogens is 346 g/mol. The standard InChI is InChI=1S/C14H17BrClNOS/c1-19-11-4-5-13(16)12(7-11)14(18)17-6-2-3-10(8-15)9-17/h4-5,7,10H,2-3,6,8-9H2,1H3. The van der Waals surface area contributed by atoms with E-state index in [1.54, 1.807) is 11.8 Å². The van der Waals surface area contributed by atoms with Gasteiger partial charge in [0.2, 0.25) is 0 Å². The van der Waals surface area contributed by atoms with Crippen LogP contribution in [0.25, 0.3) is 0 Å². The summed E-state index contributed by atoms with van der Waals surface area (Å²) in [4.78, 5) is 15.6. The Morgan fingerprint density at radius 3 is 3.05 bits per heavy atom. The Hall–Kier alpha value is -0.190. The molecule has 0 aliphatic carbocycles. The molecule has 0 saturated carbocycles. The van der Waals surface area contributed by atoms with Crippen LogP contribution in [-0.4, -0.2) is 35.5 Å². The van der Waals surface area contributed by atoms with Gasteiger partial charge >= 0.3 is 0 Å². The van der Waals surface area contributed by atoms with Crippen molar-refractivity contribution in [2.75, 3.05) is 24.7 Å². The number of likely N-dealkylation sites (tertiary alicyclic amines) is 1. The number of rotatable bonds is 3. The van der Waals surface area contributed by atoms with Gasteiger partial charge in [0.1, 0.15) is 0 Å². The summed E-state index contributed by atoms with van der Waals surface area (Å²) in [5.41, 5.74) is 0.628. The Morgan fingerprint density at radius 2 is 2.37 bits per heavy atom. The van der Waals surface area contributed by atoms with Crippen molar-refractivity contribution in [2.24, 2.45) is 5.92 Å². The second-order valence-electron chi connectivity index (χ2n) is 4.76. The van der Waals surface area contributed by atoms with Crippen molar-refractivity contribution in [3.63, 3.8) is 0 Å². The molecule has 1 heterocycles. The number of halogens is 2. The maximum atomic E-state index is 12.6. The summed E-state index contributed by atoms with van der Waals surface area (Å²) in [7, 11) is 0. The molecule has 0 aromatic heterocycles. The largest absolute Gasteiger partial charge is 0.338 e. The minimum absolute atomic E-state index is 0.0616. The number of hydrogen-bond donors (Lipinski definition) is 0. The SMILES string of the molecule is CSc1ccc(Cl)c(C(=O)N2CCCC(CBr)C2)c1. The van der Waals surface area contributed by atoms with Crippen molar-refractivity contribution in [3.8, 4) is 0 Å². The third-order valence-electron chi connectivity index (χ3n) is 3.43. The fraction of sp³-hybridized carbons (Fsp3) is 0.500. The molecule has 1 fully saturated rings. The van der Waals surface area contributed by atoms with Crippen LogP contribution in [0.5, 0.6) is 0 Å². The van der Waals surface area contributed by atoms with Crippen LogP contribution in [0.2, 0.25) is 5.02 Å². The molecule has 19 heavy (non-hydrogen) atoms. The minimum Gasteiger partial charge on any atom is -0.338 e. The second-order valence-corrected chi connectivity index (χ2v) is 6.69. The minimum atomic E-state index is 0.0616. The monoisotopic (exact) mass is 361 g/mol. The van der Waals surface area contributed by atoms with E-state index in [0.717, 1.165) is 29.7 Å². The quantitative estimate of drug-likeness (QED) is 0.590. The van der Waals surface area contributed by atoms with Gasteiger partial charge in [-0.2, -0.15) is 0 Å². The van der Waals surface area contributed by atoms with Crippen LogP contribution in [0.3, 0.4) is 0 Å². The van der Waals surface area contributed by atoms with E-state index < -0.39 is 0 Å². The molecular formula is C14H17BrClNOS. The van der Waals surface area contributed by atoms with Gasteiger partial charge in [0.25, 0.3) is 5.91 Å². The number of carbonyl (C=O) groups excluding carboxylic acids is 1. The van der Waals surface area contributed by atoms with Crippen LogP contribution in [0, 0.1) is 5.92 Å². The van der Waals surface area contributed by atoms with Gasteiger partial charge in [-0.25, -0.2) is 0 Å². The maximum Gasteiger partial charge on any atom is 0.255 e. The summed E-state index contributed by atoms with van der Waals surface area (Å²) >= 11 is 11.3. The van der Waals surface area contributed by atoms with Gasteiger partial charge in [-0.05, 0) is 43.2 Å². The van der Waals surface area contributed by atoms with E-state index in [1.165, 1.54) is 6.42 Å². The van der Waals surface area contributed by atoms with Crippen molar-refractivity contribution < 1.29 is 4.79 Å². The summed E-state index contributed by atoms with van der Waals surface area (Å²) in [6.45, 7) is 1.66. The Balaban J connectivity index is 2.18. The van der Waals surface area contributed by atoms with Crippen LogP contribution >= 0.6 is 39.3 Å². The predicted octanol–water partition coefficient (Wildman–Crippen LogP) is 4.31. The number of amides is 1. The first-order valence-corrected chi connectivity index (χ1v) is 9.07. The van der Waals surface area contributed by atoms with E-state index in [2.05, 4.69) is 15.9 Å². The Kier molecular flexibility index (Phi) is 5.60. The third-order valence-corrected chi connectivity index (χ3v) is 5.40. The summed E-state index contributed by atoms with van der Waals surface area (Å²) < 4.78 is 0. The van der Waals surface area contributed by atoms with E-state index in [9.17, 15) is 4.79 Å². The molecule has 1 aliphatic heterocycles. The zero-order chi connectivity index (χ0) is 13.8. The first kappa shape index (κ1) is 15.2. The highest BCUT2D eigenvalue weighted by Crippen LogP contribution is 2.26. The van der Waals surface area contributed by atoms with Gasteiger partial charge in [0.05, 0.1) is 10.6 Å². The lowest BCUT2D eigenvalue weighted by atomic mass is 9.99. The molecule has 0 bridgehead atoms. The molecule has 2 rings (SSSR count). The average molecular weight is 363 g/mol. The Bertz CT molecular complexity index is 469. The van der Waals surface area contributed by atoms with Crippen molar-refractivity contribution in [2.45, 2.75) is 17.7 Å². The molecule has 1 unspecified atom stereocenters. The maximum absolute atomic E-state index is 12.6. The van der Waals surface area contributed by atoms with Crippen molar-refractivity contribution in [3.05, 3.63) is 28.8 Å². The highest BCUT2D eigenvalue weighted by atomic mass is 79.9. The fourth-order valence-electron chi connectivity index (χ4n) is 2.34. The number of thioether (sulfide) groups is 1. The molecule has 0 spiro atoms. The molecule has 1 aliphatic rings. The second kappa shape index (κ2) is 7.00. The van der Waals surface area contributed by atoms with Gasteiger partial charge in [-0.1, -0.05) is 27.5 Å². The molecule has 1 amide bonds. The van der Waals surface area contributed by atoms with Crippen molar-refractivity contribution in [1.29, 1.82) is 0 Å². The lowest BCUT2D eigenvalue weighted by Gasteiger charge is -2.32. The predicted molar refractivity (Wildman–Crippen MR) is 85.7 cm³/mol. The van der Waals surface area contributed by atoms with Gasteiger partial charge in [0, 0.05) is 23.3 Å². The molecule has 2 nitrogen and oxygen atoms in total. The molecule has 1 saturated heterocycles. The first-order valence-electron chi connectivity index (χ1n) is 6.34. The summed E-state index contributed by atoms with van der Waals surface area (Å²) in [6.07, 6.45) is 4.26. The van der Waals surface area contributed by atoms with Gasteiger partial charge < -0.3 is 4.90 Å². The molecule has 0 N–H and O–H groups in total. The summed E-state index contributed by atoms with van der Waals surface area (Å²) in [5, 5.41) is 1.50. The number of piperidine rings is 1. The van der Waals surface area contributed by atoms with E-state index in [-0.39, 0.29) is 5.91 Å². The zero-order valence-electron chi connectivity index (χ0n) is 10.9. The fourth-order valence-corrected chi connectivity index (χ4v) is 3.51. The molecule has 0 radical (unpaired) electrons. The molecule has 1 aromatic carbocycles. The van der Waals surface area contributed by atoms with Crippen LogP contribution in [0.4, 0.5) is 0 Å². The normalized spacial score (nSPS) is 19.5. The van der Waals surface area contributed by atoms with Gasteiger partial charge in [-0.15, -0.1) is 11.8 Å². The summed E-state index contributed by atoms with van der Waals surface area (Å²) in [6, 6.07) is 5.65. The zero-order valence-corrected chi connectivity index (χ0v) is 14.0. The van der Waals surface area contributed by atoms with E-state index in [0.29, 0.717) is 16.5 Å². The first-order chi connectivity index (χ1) is 9.15. The van der Waals surface area contributed by atoms with Crippen LogP contribution in [0.15, 0.2) is 23.1 Å². The molecule has 1 aromatic rings. The smallest absolute Gasteiger partial charge is 0.255 e. The molecule has 1 atom stereocenters. The van der Waals surface area contributed by atoms with Crippen LogP contribution < -0.4 is 0 Å². The topological polar surface area (TPSA) is 20.3 Å². The van der Waals surface area contributed by atoms with E-state index in [4.69, 9.17) is 11.6 Å². The molecule has 104 valence electrons. The Morgan fingerprint density at radius 1 is 1.58 bits per heavy atom. The number of hydrogen-bond acceptors (Lipinski definition) is 2. The average Bonchev–Trinajstić information content (AvgIpc) is 2.47. The third kappa shape index (κ3) is 3.67. The number of carbonyl (C=O) groups is 1. The van der Waals surface area contributed by atoms with Crippen LogP contribution in [0.1, 0.15) is 23.2 Å². The van der Waals surface area contributed by atoms with Crippen molar-refractivity contribution in [1.82, 2.24) is 4.90 Å². The van der Waals surface area contributed by atoms with E-state index in [1.807, 2.05) is 29.4 Å². The van der Waals surface area contributed by atoms with E-state index >= 15 is 0 Å². The Labute approximate surface area is 132 Å². The lowest BCUT2D eigenvalue weighted by molar-refractivity contribution is 0.0686. The van der Waals surface area contributed by atoms with Gasteiger partial charge in [-0.3, -0.25) is 4.79 Å². The molecule has 5 heteroatoms. The highest BCUT2D eigenvalue weighted by molar-refractivity contribution is 9.09. The van der Waals surface area contributed by atoms with Gasteiger partial charge in [0.15, 0.2) is 0 Å². The summed E-state index contributed by atoms with van der Waals surface area (Å²) in [5.74, 6) is 0.617. The van der Waals surface area contributed by atoms with Crippen LogP contribution in [-0.2, 0) is 0 Å². The highest BCUT2D eigenvalue weighted by Gasteiger charge is 2.25. The number of alkyl halides is 1. The number of benzene rings is 1. The van der Waals surface area contributed by atoms with Crippen molar-refractivity contribution >= 4 is 45.2 Å².